The van der Waals surface area contributed by atoms with Crippen molar-refractivity contribution < 1.29 is 17.9 Å². The maximum Gasteiger partial charge on any atom is 0.191 e. The largest absolute Gasteiger partial charge is 0.356 e. The van der Waals surface area contributed by atoms with Gasteiger partial charge < -0.3 is 20.1 Å². The third-order valence-corrected chi connectivity index (χ3v) is 6.72. The van der Waals surface area contributed by atoms with Crippen molar-refractivity contribution in [3.05, 3.63) is 0 Å². The van der Waals surface area contributed by atoms with Gasteiger partial charge in [0.1, 0.15) is 6.10 Å². The van der Waals surface area contributed by atoms with Crippen molar-refractivity contribution in [3.63, 3.8) is 0 Å². The number of sulfone groups is 1. The number of aliphatic imine (C=N–C) groups is 1. The van der Waals surface area contributed by atoms with Gasteiger partial charge in [0.2, 0.25) is 0 Å². The molecule has 2 aliphatic heterocycles. The van der Waals surface area contributed by atoms with E-state index in [4.69, 9.17) is 9.47 Å². The highest BCUT2D eigenvalue weighted by Crippen LogP contribution is 2.38. The van der Waals surface area contributed by atoms with E-state index in [2.05, 4.69) is 15.6 Å². The van der Waals surface area contributed by atoms with Crippen LogP contribution in [0, 0.1) is 5.92 Å². The fourth-order valence-electron chi connectivity index (χ4n) is 3.60. The lowest BCUT2D eigenvalue weighted by molar-refractivity contribution is -0.160. The van der Waals surface area contributed by atoms with Crippen LogP contribution < -0.4 is 10.6 Å². The summed E-state index contributed by atoms with van der Waals surface area (Å²) in [5, 5.41) is 6.46. The molecule has 140 valence electrons. The lowest BCUT2D eigenvalue weighted by Gasteiger charge is -2.22. The average Bonchev–Trinajstić information content (AvgIpc) is 3.22. The number of nitrogens with zero attached hydrogens (tertiary/aromatic N) is 1. The first kappa shape index (κ1) is 20.2. The van der Waals surface area contributed by atoms with Crippen LogP contribution in [0.15, 0.2) is 4.99 Å². The number of hydrogen-bond donors (Lipinski definition) is 2. The van der Waals surface area contributed by atoms with Gasteiger partial charge in [0.05, 0.1) is 18.1 Å². The molecule has 2 unspecified atom stereocenters. The molecule has 24 heavy (non-hydrogen) atoms. The first-order valence-corrected chi connectivity index (χ1v) is 10.3. The monoisotopic (exact) mass is 473 g/mol. The van der Waals surface area contributed by atoms with Crippen molar-refractivity contribution in [1.82, 2.24) is 10.6 Å². The van der Waals surface area contributed by atoms with E-state index in [1.165, 1.54) is 12.8 Å². The van der Waals surface area contributed by atoms with Crippen LogP contribution >= 0.6 is 24.0 Å². The third kappa shape index (κ3) is 5.18. The van der Waals surface area contributed by atoms with Crippen LogP contribution in [0.4, 0.5) is 0 Å². The summed E-state index contributed by atoms with van der Waals surface area (Å²) in [5.41, 5.74) is 0. The SMILES string of the molecule is CN=C(NCC1CCS(=O)(=O)C1)NCC1COC2(CCCC2)O1.I. The molecule has 3 fully saturated rings. The van der Waals surface area contributed by atoms with E-state index in [-0.39, 0.29) is 47.5 Å². The summed E-state index contributed by atoms with van der Waals surface area (Å²) in [6.45, 7) is 1.89. The molecular formula is C15H28IN3O4S. The Morgan fingerprint density at radius 1 is 1.25 bits per heavy atom. The molecule has 1 spiro atoms. The molecule has 0 aromatic heterocycles. The Kier molecular flexibility index (Phi) is 7.15. The summed E-state index contributed by atoms with van der Waals surface area (Å²) in [6, 6.07) is 0. The van der Waals surface area contributed by atoms with Crippen molar-refractivity contribution in [3.8, 4) is 0 Å². The number of halogens is 1. The molecule has 2 atom stereocenters. The Bertz CT molecular complexity index is 549. The lowest BCUT2D eigenvalue weighted by Crippen LogP contribution is -2.43. The smallest absolute Gasteiger partial charge is 0.191 e. The van der Waals surface area contributed by atoms with Crippen molar-refractivity contribution in [1.29, 1.82) is 0 Å². The van der Waals surface area contributed by atoms with Crippen molar-refractivity contribution >= 4 is 39.8 Å². The minimum Gasteiger partial charge on any atom is -0.356 e. The van der Waals surface area contributed by atoms with Crippen LogP contribution in [0.25, 0.3) is 0 Å². The highest BCUT2D eigenvalue weighted by molar-refractivity contribution is 14.0. The highest BCUT2D eigenvalue weighted by Gasteiger charge is 2.43. The van der Waals surface area contributed by atoms with Crippen LogP contribution in [0.3, 0.4) is 0 Å². The first-order valence-electron chi connectivity index (χ1n) is 8.47. The van der Waals surface area contributed by atoms with Crippen LogP contribution in [-0.2, 0) is 19.3 Å². The van der Waals surface area contributed by atoms with E-state index in [1.807, 2.05) is 0 Å². The zero-order chi connectivity index (χ0) is 16.3. The average molecular weight is 473 g/mol. The summed E-state index contributed by atoms with van der Waals surface area (Å²) in [7, 11) is -1.11. The van der Waals surface area contributed by atoms with Gasteiger partial charge in [0, 0.05) is 33.0 Å². The Hall–Kier alpha value is -0.130. The molecular weight excluding hydrogens is 445 g/mol. The number of hydrogen-bond acceptors (Lipinski definition) is 5. The molecule has 3 rings (SSSR count). The standard InChI is InChI=1S/C15H27N3O4S.HI/c1-16-14(17-8-12-4-7-23(19,20)11-12)18-9-13-10-21-15(22-13)5-2-3-6-15;/h12-13H,2-11H2,1H3,(H2,16,17,18);1H. The second kappa shape index (κ2) is 8.50. The van der Waals surface area contributed by atoms with Crippen LogP contribution in [-0.4, -0.2) is 64.5 Å². The minimum absolute atomic E-state index is 0. The molecule has 0 aromatic rings. The van der Waals surface area contributed by atoms with E-state index in [1.54, 1.807) is 7.05 Å². The third-order valence-electron chi connectivity index (χ3n) is 4.88. The van der Waals surface area contributed by atoms with E-state index in [0.717, 1.165) is 19.3 Å². The van der Waals surface area contributed by atoms with Crippen molar-refractivity contribution in [2.24, 2.45) is 10.9 Å². The summed E-state index contributed by atoms with van der Waals surface area (Å²) >= 11 is 0. The first-order chi connectivity index (χ1) is 11.0. The fourth-order valence-corrected chi connectivity index (χ4v) is 5.46. The van der Waals surface area contributed by atoms with E-state index >= 15 is 0 Å². The molecule has 9 heteroatoms. The molecule has 7 nitrogen and oxygen atoms in total. The summed E-state index contributed by atoms with van der Waals surface area (Å²) in [4.78, 5) is 4.18. The second-order valence-electron chi connectivity index (χ2n) is 6.77. The zero-order valence-electron chi connectivity index (χ0n) is 14.1. The predicted octanol–water partition coefficient (Wildman–Crippen LogP) is 0.890. The summed E-state index contributed by atoms with van der Waals surface area (Å²) in [5.74, 6) is 1.11. The number of nitrogens with one attached hydrogen (secondary N) is 2. The second-order valence-corrected chi connectivity index (χ2v) is 9.00. The molecule has 1 aliphatic carbocycles. The van der Waals surface area contributed by atoms with Gasteiger partial charge in [-0.15, -0.1) is 24.0 Å². The Morgan fingerprint density at radius 2 is 1.96 bits per heavy atom. The van der Waals surface area contributed by atoms with Crippen molar-refractivity contribution in [2.45, 2.75) is 44.0 Å². The molecule has 2 heterocycles. The van der Waals surface area contributed by atoms with Crippen molar-refractivity contribution in [2.75, 3.05) is 38.2 Å². The highest BCUT2D eigenvalue weighted by atomic mass is 127. The van der Waals surface area contributed by atoms with Crippen LogP contribution in [0.1, 0.15) is 32.1 Å². The van der Waals surface area contributed by atoms with Gasteiger partial charge in [-0.1, -0.05) is 0 Å². The number of rotatable bonds is 4. The molecule has 0 amide bonds. The Balaban J connectivity index is 0.00000208. The summed E-state index contributed by atoms with van der Waals surface area (Å²) in [6.07, 6.45) is 5.10. The van der Waals surface area contributed by atoms with E-state index < -0.39 is 9.84 Å². The van der Waals surface area contributed by atoms with Gasteiger partial charge in [0.25, 0.3) is 0 Å². The lowest BCUT2D eigenvalue weighted by atomic mass is 10.1. The molecule has 1 saturated carbocycles. The van der Waals surface area contributed by atoms with Crippen LogP contribution in [0.5, 0.6) is 0 Å². The molecule has 2 N–H and O–H groups in total. The van der Waals surface area contributed by atoms with Gasteiger partial charge >= 0.3 is 0 Å². The topological polar surface area (TPSA) is 89.0 Å². The summed E-state index contributed by atoms with van der Waals surface area (Å²) < 4.78 is 34.9. The van der Waals surface area contributed by atoms with E-state index in [9.17, 15) is 8.42 Å². The fraction of sp³-hybridized carbons (Fsp3) is 0.933. The van der Waals surface area contributed by atoms with Gasteiger partial charge in [-0.25, -0.2) is 8.42 Å². The molecule has 3 aliphatic rings. The predicted molar refractivity (Wildman–Crippen MR) is 104 cm³/mol. The van der Waals surface area contributed by atoms with Crippen LogP contribution in [0.2, 0.25) is 0 Å². The van der Waals surface area contributed by atoms with Gasteiger partial charge in [-0.05, 0) is 25.2 Å². The number of ether oxygens (including phenoxy) is 2. The Labute approximate surface area is 161 Å². The Morgan fingerprint density at radius 3 is 2.58 bits per heavy atom. The maximum absolute atomic E-state index is 11.5. The molecule has 2 saturated heterocycles. The van der Waals surface area contributed by atoms with Gasteiger partial charge in [0.15, 0.2) is 21.6 Å². The molecule has 0 radical (unpaired) electrons. The molecule has 0 bridgehead atoms. The maximum atomic E-state index is 11.5. The minimum atomic E-state index is -2.83. The number of guanidine groups is 1. The quantitative estimate of drug-likeness (QED) is 0.358. The van der Waals surface area contributed by atoms with E-state index in [0.29, 0.717) is 31.4 Å². The normalized spacial score (nSPS) is 31.1. The van der Waals surface area contributed by atoms with Gasteiger partial charge in [-0.3, -0.25) is 4.99 Å². The molecule has 0 aromatic carbocycles. The van der Waals surface area contributed by atoms with Gasteiger partial charge in [-0.2, -0.15) is 0 Å². The zero-order valence-corrected chi connectivity index (χ0v) is 17.3.